The third-order valence-electron chi connectivity index (χ3n) is 2.47. The molecule has 5 heteroatoms. The third kappa shape index (κ3) is 2.31. The zero-order chi connectivity index (χ0) is 11.4. The highest BCUT2D eigenvalue weighted by molar-refractivity contribution is 7.10. The first-order valence-electron chi connectivity index (χ1n) is 5.45. The number of hydrogen-bond donors (Lipinski definition) is 2. The quantitative estimate of drug-likeness (QED) is 0.837. The average Bonchev–Trinajstić information content (AvgIpc) is 2.91. The molecule has 0 amide bonds. The van der Waals surface area contributed by atoms with Gasteiger partial charge in [0.2, 0.25) is 0 Å². The number of nitrogens with zero attached hydrogens (tertiary/aromatic N) is 2. The van der Waals surface area contributed by atoms with Gasteiger partial charge < -0.3 is 5.32 Å². The van der Waals surface area contributed by atoms with Gasteiger partial charge in [0, 0.05) is 4.88 Å². The molecule has 0 fully saturated rings. The van der Waals surface area contributed by atoms with E-state index in [9.17, 15) is 0 Å². The average molecular weight is 236 g/mol. The van der Waals surface area contributed by atoms with Gasteiger partial charge in [-0.2, -0.15) is 5.10 Å². The van der Waals surface area contributed by atoms with Crippen molar-refractivity contribution in [2.45, 2.75) is 26.3 Å². The zero-order valence-corrected chi connectivity index (χ0v) is 10.3. The highest BCUT2D eigenvalue weighted by Crippen LogP contribution is 2.27. The lowest BCUT2D eigenvalue weighted by molar-refractivity contribution is 0.579. The molecule has 0 saturated heterocycles. The van der Waals surface area contributed by atoms with E-state index in [1.54, 1.807) is 17.7 Å². The van der Waals surface area contributed by atoms with E-state index in [0.29, 0.717) is 0 Å². The van der Waals surface area contributed by atoms with Crippen molar-refractivity contribution in [1.29, 1.82) is 0 Å². The van der Waals surface area contributed by atoms with Crippen LogP contribution in [0.4, 0.5) is 0 Å². The lowest BCUT2D eigenvalue weighted by Crippen LogP contribution is -2.24. The van der Waals surface area contributed by atoms with E-state index < -0.39 is 0 Å². The molecule has 1 unspecified atom stereocenters. The van der Waals surface area contributed by atoms with Crippen LogP contribution in [0.3, 0.4) is 0 Å². The number of H-pyrrole nitrogens is 1. The Bertz CT molecular complexity index is 421. The summed E-state index contributed by atoms with van der Waals surface area (Å²) in [4.78, 5) is 5.55. The van der Waals surface area contributed by atoms with Crippen LogP contribution < -0.4 is 5.32 Å². The van der Waals surface area contributed by atoms with E-state index in [4.69, 9.17) is 0 Å². The number of thiophene rings is 1. The van der Waals surface area contributed by atoms with Crippen molar-refractivity contribution < 1.29 is 0 Å². The van der Waals surface area contributed by atoms with Crippen molar-refractivity contribution in [3.05, 3.63) is 34.0 Å². The zero-order valence-electron chi connectivity index (χ0n) is 9.53. The lowest BCUT2D eigenvalue weighted by atomic mass is 10.1. The second kappa shape index (κ2) is 5.23. The lowest BCUT2D eigenvalue weighted by Gasteiger charge is -2.15. The summed E-state index contributed by atoms with van der Waals surface area (Å²) in [5.74, 6) is 0.888. The number of hydrogen-bond acceptors (Lipinski definition) is 4. The van der Waals surface area contributed by atoms with E-state index in [-0.39, 0.29) is 6.04 Å². The van der Waals surface area contributed by atoms with Crippen LogP contribution in [-0.4, -0.2) is 21.7 Å². The molecule has 2 rings (SSSR count). The number of rotatable bonds is 5. The predicted molar refractivity (Wildman–Crippen MR) is 65.6 cm³/mol. The van der Waals surface area contributed by atoms with Crippen molar-refractivity contribution in [3.8, 4) is 0 Å². The molecular weight excluding hydrogens is 220 g/mol. The van der Waals surface area contributed by atoms with Gasteiger partial charge in [0.1, 0.15) is 18.2 Å². The highest BCUT2D eigenvalue weighted by Gasteiger charge is 2.18. The van der Waals surface area contributed by atoms with Crippen molar-refractivity contribution in [2.75, 3.05) is 6.54 Å². The number of nitrogens with one attached hydrogen (secondary N) is 2. The van der Waals surface area contributed by atoms with Crippen LogP contribution in [0.1, 0.15) is 35.7 Å². The van der Waals surface area contributed by atoms with Gasteiger partial charge in [-0.1, -0.05) is 6.92 Å². The summed E-state index contributed by atoms with van der Waals surface area (Å²) < 4.78 is 0. The van der Waals surface area contributed by atoms with Crippen LogP contribution in [0.2, 0.25) is 0 Å². The van der Waals surface area contributed by atoms with Gasteiger partial charge in [0.25, 0.3) is 0 Å². The minimum Gasteiger partial charge on any atom is -0.303 e. The minimum absolute atomic E-state index is 0.141. The van der Waals surface area contributed by atoms with Crippen LogP contribution in [-0.2, 0) is 0 Å². The van der Waals surface area contributed by atoms with Crippen molar-refractivity contribution in [2.24, 2.45) is 0 Å². The van der Waals surface area contributed by atoms with E-state index >= 15 is 0 Å². The van der Waals surface area contributed by atoms with Crippen LogP contribution in [0.15, 0.2) is 17.8 Å². The minimum atomic E-state index is 0.141. The fourth-order valence-electron chi connectivity index (χ4n) is 1.64. The van der Waals surface area contributed by atoms with Gasteiger partial charge in [-0.05, 0) is 36.9 Å². The SMILES string of the molecule is CCCNC(c1ncn[nH]1)c1sccc1C. The molecule has 1 atom stereocenters. The van der Waals surface area contributed by atoms with Crippen LogP contribution >= 0.6 is 11.3 Å². The topological polar surface area (TPSA) is 53.6 Å². The first kappa shape index (κ1) is 11.3. The largest absolute Gasteiger partial charge is 0.303 e. The Morgan fingerprint density at radius 3 is 3.00 bits per heavy atom. The fourth-order valence-corrected chi connectivity index (χ4v) is 2.64. The monoisotopic (exact) mass is 236 g/mol. The molecule has 0 aromatic carbocycles. The Morgan fingerprint density at radius 1 is 1.56 bits per heavy atom. The number of aromatic amines is 1. The summed E-state index contributed by atoms with van der Waals surface area (Å²) in [6.45, 7) is 5.26. The summed E-state index contributed by atoms with van der Waals surface area (Å²) in [5.41, 5.74) is 1.30. The molecule has 86 valence electrons. The molecule has 0 aliphatic heterocycles. The van der Waals surface area contributed by atoms with Gasteiger partial charge >= 0.3 is 0 Å². The highest BCUT2D eigenvalue weighted by atomic mass is 32.1. The molecule has 2 N–H and O–H groups in total. The maximum absolute atomic E-state index is 4.24. The first-order valence-corrected chi connectivity index (χ1v) is 6.33. The van der Waals surface area contributed by atoms with Gasteiger partial charge in [-0.25, -0.2) is 4.98 Å². The van der Waals surface area contributed by atoms with E-state index in [1.165, 1.54) is 10.4 Å². The second-order valence-corrected chi connectivity index (χ2v) is 4.67. The maximum atomic E-state index is 4.24. The predicted octanol–water partition coefficient (Wildman–Crippen LogP) is 2.26. The molecule has 0 bridgehead atoms. The molecule has 0 aliphatic carbocycles. The fraction of sp³-hybridized carbons (Fsp3) is 0.455. The summed E-state index contributed by atoms with van der Waals surface area (Å²) in [6.07, 6.45) is 2.66. The Hall–Kier alpha value is -1.20. The molecule has 2 heterocycles. The normalized spacial score (nSPS) is 12.9. The number of aryl methyl sites for hydroxylation is 1. The molecule has 2 aromatic heterocycles. The van der Waals surface area contributed by atoms with Crippen molar-refractivity contribution >= 4 is 11.3 Å². The molecule has 4 nitrogen and oxygen atoms in total. The molecule has 16 heavy (non-hydrogen) atoms. The molecule has 0 spiro atoms. The Labute approximate surface area is 99.1 Å². The summed E-state index contributed by atoms with van der Waals surface area (Å²) in [7, 11) is 0. The smallest absolute Gasteiger partial charge is 0.146 e. The summed E-state index contributed by atoms with van der Waals surface area (Å²) in [6, 6.07) is 2.28. The van der Waals surface area contributed by atoms with E-state index in [0.717, 1.165) is 18.8 Å². The molecule has 0 radical (unpaired) electrons. The summed E-state index contributed by atoms with van der Waals surface area (Å²) >= 11 is 1.76. The first-order chi connectivity index (χ1) is 7.83. The summed E-state index contributed by atoms with van der Waals surface area (Å²) in [5, 5.41) is 12.5. The van der Waals surface area contributed by atoms with Gasteiger partial charge in [-0.3, -0.25) is 5.10 Å². The second-order valence-electron chi connectivity index (χ2n) is 3.73. The third-order valence-corrected chi connectivity index (χ3v) is 3.55. The Kier molecular flexibility index (Phi) is 3.69. The molecule has 2 aromatic rings. The van der Waals surface area contributed by atoms with Crippen molar-refractivity contribution in [3.63, 3.8) is 0 Å². The number of aromatic nitrogens is 3. The van der Waals surface area contributed by atoms with Crippen molar-refractivity contribution in [1.82, 2.24) is 20.5 Å². The maximum Gasteiger partial charge on any atom is 0.146 e. The van der Waals surface area contributed by atoms with E-state index in [2.05, 4.69) is 45.8 Å². The Morgan fingerprint density at radius 2 is 2.44 bits per heavy atom. The van der Waals surface area contributed by atoms with Gasteiger partial charge in [-0.15, -0.1) is 11.3 Å². The van der Waals surface area contributed by atoms with Gasteiger partial charge in [0.15, 0.2) is 0 Å². The standard InChI is InChI=1S/C11H16N4S/c1-3-5-12-9(11-13-7-14-15-11)10-8(2)4-6-16-10/h4,6-7,9,12H,3,5H2,1-2H3,(H,13,14,15). The van der Waals surface area contributed by atoms with Crippen LogP contribution in [0.5, 0.6) is 0 Å². The molecular formula is C11H16N4S. The van der Waals surface area contributed by atoms with Gasteiger partial charge in [0.05, 0.1) is 0 Å². The Balaban J connectivity index is 2.25. The molecule has 0 saturated carbocycles. The molecule has 0 aliphatic rings. The van der Waals surface area contributed by atoms with E-state index in [1.807, 2.05) is 0 Å². The van der Waals surface area contributed by atoms with Crippen LogP contribution in [0, 0.1) is 6.92 Å². The van der Waals surface area contributed by atoms with Crippen LogP contribution in [0.25, 0.3) is 0 Å².